The molecule has 0 amide bonds. The summed E-state index contributed by atoms with van der Waals surface area (Å²) in [6.07, 6.45) is 0. The molecule has 0 fully saturated rings. The Kier molecular flexibility index (Phi) is 1.52. The van der Waals surface area contributed by atoms with Crippen LogP contribution in [0.3, 0.4) is 0 Å². The van der Waals surface area contributed by atoms with Crippen molar-refractivity contribution in [1.82, 2.24) is 4.57 Å². The number of aromatic nitrogens is 1. The fraction of sp³-hybridized carbons (Fsp3) is 0.222. The van der Waals surface area contributed by atoms with Crippen LogP contribution in [0.4, 0.5) is 4.39 Å². The van der Waals surface area contributed by atoms with E-state index in [0.717, 1.165) is 0 Å². The van der Waals surface area contributed by atoms with Crippen molar-refractivity contribution in [2.24, 2.45) is 7.05 Å². The van der Waals surface area contributed by atoms with Gasteiger partial charge in [-0.2, -0.15) is 0 Å². The first-order valence-electron chi connectivity index (χ1n) is 3.86. The van der Waals surface area contributed by atoms with Crippen molar-refractivity contribution >= 4 is 11.1 Å². The van der Waals surface area contributed by atoms with Crippen molar-refractivity contribution in [2.75, 3.05) is 0 Å². The van der Waals surface area contributed by atoms with Crippen molar-refractivity contribution in [1.29, 1.82) is 0 Å². The Bertz CT molecular complexity index is 524. The molecule has 2 aromatic rings. The van der Waals surface area contributed by atoms with Crippen LogP contribution in [-0.4, -0.2) is 4.57 Å². The summed E-state index contributed by atoms with van der Waals surface area (Å²) in [5.74, 6) is -0.828. The van der Waals surface area contributed by atoms with Gasteiger partial charge in [0.05, 0.1) is 5.52 Å². The van der Waals surface area contributed by atoms with Crippen molar-refractivity contribution < 1.29 is 8.81 Å². The SMILES string of the molecule is Cc1c(F)ccc2c1oc(=O)n2C. The maximum atomic E-state index is 13.0. The zero-order valence-electron chi connectivity index (χ0n) is 7.30. The number of rotatable bonds is 0. The molecule has 0 bridgehead atoms. The van der Waals surface area contributed by atoms with Gasteiger partial charge < -0.3 is 4.42 Å². The zero-order chi connectivity index (χ0) is 9.59. The summed E-state index contributed by atoms with van der Waals surface area (Å²) in [6.45, 7) is 1.58. The molecule has 3 nitrogen and oxygen atoms in total. The molecule has 2 rings (SSSR count). The predicted octanol–water partition coefficient (Wildman–Crippen LogP) is 1.58. The quantitative estimate of drug-likeness (QED) is 0.618. The third-order valence-corrected chi connectivity index (χ3v) is 2.14. The van der Waals surface area contributed by atoms with Gasteiger partial charge in [-0.1, -0.05) is 0 Å². The second kappa shape index (κ2) is 2.45. The minimum atomic E-state index is -0.469. The minimum absolute atomic E-state index is 0.326. The lowest BCUT2D eigenvalue weighted by atomic mass is 10.2. The molecule has 0 aliphatic heterocycles. The fourth-order valence-electron chi connectivity index (χ4n) is 1.30. The molecule has 0 spiro atoms. The van der Waals surface area contributed by atoms with Crippen LogP contribution in [0.1, 0.15) is 5.56 Å². The van der Waals surface area contributed by atoms with Crippen LogP contribution in [0, 0.1) is 12.7 Å². The lowest BCUT2D eigenvalue weighted by molar-refractivity contribution is 0.522. The topological polar surface area (TPSA) is 35.1 Å². The largest absolute Gasteiger partial charge is 0.419 e. The molecule has 0 N–H and O–H groups in total. The van der Waals surface area contributed by atoms with Gasteiger partial charge in [0, 0.05) is 12.6 Å². The maximum Gasteiger partial charge on any atom is 0.419 e. The molecule has 1 aromatic heterocycles. The van der Waals surface area contributed by atoms with Gasteiger partial charge in [-0.3, -0.25) is 4.57 Å². The summed E-state index contributed by atoms with van der Waals surface area (Å²) in [7, 11) is 1.59. The number of aryl methyl sites for hydroxylation is 2. The minimum Gasteiger partial charge on any atom is -0.407 e. The van der Waals surface area contributed by atoms with Crippen molar-refractivity contribution in [2.45, 2.75) is 6.92 Å². The van der Waals surface area contributed by atoms with E-state index in [1.807, 2.05) is 0 Å². The van der Waals surface area contributed by atoms with Crippen LogP contribution in [0.5, 0.6) is 0 Å². The van der Waals surface area contributed by atoms with Crippen LogP contribution in [0.15, 0.2) is 21.3 Å². The molecule has 0 saturated carbocycles. The van der Waals surface area contributed by atoms with E-state index in [1.54, 1.807) is 14.0 Å². The van der Waals surface area contributed by atoms with Crippen molar-refractivity contribution in [3.05, 3.63) is 34.1 Å². The lowest BCUT2D eigenvalue weighted by Gasteiger charge is -1.95. The summed E-state index contributed by atoms with van der Waals surface area (Å²) in [5.41, 5.74) is 1.31. The van der Waals surface area contributed by atoms with Gasteiger partial charge in [0.2, 0.25) is 0 Å². The first-order chi connectivity index (χ1) is 6.11. The Balaban J connectivity index is 3.03. The van der Waals surface area contributed by atoms with Gasteiger partial charge in [-0.05, 0) is 19.1 Å². The summed E-state index contributed by atoms with van der Waals surface area (Å²) in [5, 5.41) is 0. The summed E-state index contributed by atoms with van der Waals surface area (Å²) >= 11 is 0. The van der Waals surface area contributed by atoms with Crippen LogP contribution in [0.25, 0.3) is 11.1 Å². The molecule has 0 unspecified atom stereocenters. The molecule has 0 radical (unpaired) electrons. The highest BCUT2D eigenvalue weighted by Gasteiger charge is 2.10. The first kappa shape index (κ1) is 8.04. The Morgan fingerprint density at radius 2 is 2.15 bits per heavy atom. The number of halogens is 1. The monoisotopic (exact) mass is 181 g/mol. The highest BCUT2D eigenvalue weighted by molar-refractivity contribution is 5.76. The van der Waals surface area contributed by atoms with Crippen molar-refractivity contribution in [3.63, 3.8) is 0 Å². The van der Waals surface area contributed by atoms with Crippen LogP contribution in [0.2, 0.25) is 0 Å². The average Bonchev–Trinajstić information content (AvgIpc) is 2.38. The van der Waals surface area contributed by atoms with E-state index < -0.39 is 5.76 Å². The van der Waals surface area contributed by atoms with E-state index in [-0.39, 0.29) is 5.82 Å². The molecule has 0 atom stereocenters. The Hall–Kier alpha value is -1.58. The summed E-state index contributed by atoms with van der Waals surface area (Å²) < 4.78 is 19.2. The molecule has 1 aromatic carbocycles. The van der Waals surface area contributed by atoms with E-state index in [1.165, 1.54) is 16.7 Å². The maximum absolute atomic E-state index is 13.0. The number of nitrogens with zero attached hydrogens (tertiary/aromatic N) is 1. The third-order valence-electron chi connectivity index (χ3n) is 2.14. The molecule has 68 valence electrons. The van der Waals surface area contributed by atoms with Crippen LogP contribution < -0.4 is 5.76 Å². The molecule has 0 saturated heterocycles. The molecule has 0 aliphatic rings. The summed E-state index contributed by atoms with van der Waals surface area (Å²) in [4.78, 5) is 11.1. The van der Waals surface area contributed by atoms with Gasteiger partial charge >= 0.3 is 5.76 Å². The lowest BCUT2D eigenvalue weighted by Crippen LogP contribution is -2.08. The Labute approximate surface area is 73.4 Å². The predicted molar refractivity (Wildman–Crippen MR) is 46.2 cm³/mol. The number of hydrogen-bond donors (Lipinski definition) is 0. The highest BCUT2D eigenvalue weighted by Crippen LogP contribution is 2.18. The average molecular weight is 181 g/mol. The van der Waals surface area contributed by atoms with Crippen LogP contribution >= 0.6 is 0 Å². The van der Waals surface area contributed by atoms with Gasteiger partial charge in [-0.25, -0.2) is 9.18 Å². The number of oxazole rings is 1. The van der Waals surface area contributed by atoms with E-state index in [9.17, 15) is 9.18 Å². The third kappa shape index (κ3) is 0.983. The Morgan fingerprint density at radius 3 is 2.85 bits per heavy atom. The molecule has 4 heteroatoms. The normalized spacial score (nSPS) is 11.0. The smallest absolute Gasteiger partial charge is 0.407 e. The van der Waals surface area contributed by atoms with E-state index >= 15 is 0 Å². The fourth-order valence-corrected chi connectivity index (χ4v) is 1.30. The van der Waals surface area contributed by atoms with Gasteiger partial charge in [-0.15, -0.1) is 0 Å². The second-order valence-electron chi connectivity index (χ2n) is 2.95. The standard InChI is InChI=1S/C9H8FNO2/c1-5-6(10)3-4-7-8(5)13-9(12)11(7)2/h3-4H,1-2H3. The van der Waals surface area contributed by atoms with Gasteiger partial charge in [0.15, 0.2) is 5.58 Å². The van der Waals surface area contributed by atoms with Gasteiger partial charge in [0.1, 0.15) is 5.82 Å². The Morgan fingerprint density at radius 1 is 1.46 bits per heavy atom. The molecular formula is C9H8FNO2. The first-order valence-corrected chi connectivity index (χ1v) is 3.86. The van der Waals surface area contributed by atoms with Gasteiger partial charge in [0.25, 0.3) is 0 Å². The van der Waals surface area contributed by atoms with Crippen molar-refractivity contribution in [3.8, 4) is 0 Å². The van der Waals surface area contributed by atoms with E-state index in [0.29, 0.717) is 16.7 Å². The highest BCUT2D eigenvalue weighted by atomic mass is 19.1. The number of benzene rings is 1. The number of hydrogen-bond acceptors (Lipinski definition) is 2. The molecule has 0 aliphatic carbocycles. The van der Waals surface area contributed by atoms with Crippen LogP contribution in [-0.2, 0) is 7.05 Å². The molecule has 1 heterocycles. The molecular weight excluding hydrogens is 173 g/mol. The second-order valence-corrected chi connectivity index (χ2v) is 2.95. The molecule has 13 heavy (non-hydrogen) atoms. The van der Waals surface area contributed by atoms with E-state index in [4.69, 9.17) is 4.42 Å². The number of fused-ring (bicyclic) bond motifs is 1. The van der Waals surface area contributed by atoms with E-state index in [2.05, 4.69) is 0 Å². The summed E-state index contributed by atoms with van der Waals surface area (Å²) in [6, 6.07) is 2.86. The zero-order valence-corrected chi connectivity index (χ0v) is 7.30.